The topological polar surface area (TPSA) is 83.1 Å². The Bertz CT molecular complexity index is 1080. The van der Waals surface area contributed by atoms with Crippen LogP contribution in [-0.2, 0) is 0 Å². The third-order valence-electron chi connectivity index (χ3n) is 4.48. The zero-order valence-corrected chi connectivity index (χ0v) is 18.0. The lowest BCUT2D eigenvalue weighted by molar-refractivity contribution is 0.104. The van der Waals surface area contributed by atoms with Gasteiger partial charge in [-0.25, -0.2) is 4.79 Å². The van der Waals surface area contributed by atoms with Gasteiger partial charge in [0.05, 0.1) is 21.3 Å². The van der Waals surface area contributed by atoms with E-state index in [9.17, 15) is 9.59 Å². The van der Waals surface area contributed by atoms with Crippen molar-refractivity contribution in [1.29, 1.82) is 0 Å². The molecule has 3 aromatic rings. The van der Waals surface area contributed by atoms with Gasteiger partial charge in [-0.15, -0.1) is 0 Å². The van der Waals surface area contributed by atoms with Crippen LogP contribution in [0, 0.1) is 0 Å². The van der Waals surface area contributed by atoms with Crippen LogP contribution < -0.4 is 24.3 Å². The van der Waals surface area contributed by atoms with Gasteiger partial charge in [-0.3, -0.25) is 10.1 Å². The van der Waals surface area contributed by atoms with Crippen LogP contribution in [0.15, 0.2) is 72.8 Å². The third kappa shape index (κ3) is 5.66. The Morgan fingerprint density at radius 2 is 1.44 bits per heavy atom. The first-order valence-electron chi connectivity index (χ1n) is 9.70. The molecule has 0 saturated carbocycles. The lowest BCUT2D eigenvalue weighted by Crippen LogP contribution is -2.16. The van der Waals surface area contributed by atoms with Crippen molar-refractivity contribution in [3.05, 3.63) is 83.9 Å². The average Bonchev–Trinajstić information content (AvgIpc) is 2.82. The van der Waals surface area contributed by atoms with Crippen LogP contribution in [0.2, 0.25) is 0 Å². The molecule has 164 valence electrons. The highest BCUT2D eigenvalue weighted by Crippen LogP contribution is 2.38. The number of carbonyl (C=O) groups excluding carboxylic acids is 2. The monoisotopic (exact) mass is 433 g/mol. The predicted octanol–water partition coefficient (Wildman–Crippen LogP) is 5.22. The molecule has 0 aliphatic carbocycles. The minimum Gasteiger partial charge on any atom is -0.493 e. The molecule has 7 nitrogen and oxygen atoms in total. The maximum Gasteiger partial charge on any atom is 0.417 e. The van der Waals surface area contributed by atoms with Crippen molar-refractivity contribution in [2.75, 3.05) is 26.6 Å². The van der Waals surface area contributed by atoms with E-state index in [4.69, 9.17) is 18.9 Å². The first-order chi connectivity index (χ1) is 15.5. The van der Waals surface area contributed by atoms with Gasteiger partial charge >= 0.3 is 6.09 Å². The van der Waals surface area contributed by atoms with E-state index in [1.165, 1.54) is 27.4 Å². The summed E-state index contributed by atoms with van der Waals surface area (Å²) in [6.07, 6.45) is 2.49. The van der Waals surface area contributed by atoms with Gasteiger partial charge in [0, 0.05) is 11.3 Å². The second-order valence-corrected chi connectivity index (χ2v) is 6.56. The van der Waals surface area contributed by atoms with Gasteiger partial charge in [0.2, 0.25) is 5.75 Å². The molecule has 0 aromatic heterocycles. The van der Waals surface area contributed by atoms with Gasteiger partial charge in [-0.05, 0) is 60.2 Å². The summed E-state index contributed by atoms with van der Waals surface area (Å²) < 4.78 is 21.2. The minimum atomic E-state index is -0.613. The van der Waals surface area contributed by atoms with Crippen molar-refractivity contribution in [2.24, 2.45) is 0 Å². The summed E-state index contributed by atoms with van der Waals surface area (Å²) in [5.74, 6) is 1.58. The third-order valence-corrected chi connectivity index (χ3v) is 4.48. The van der Waals surface area contributed by atoms with E-state index in [-0.39, 0.29) is 5.78 Å². The highest BCUT2D eigenvalue weighted by Gasteiger charge is 2.12. The van der Waals surface area contributed by atoms with Crippen LogP contribution in [0.4, 0.5) is 10.5 Å². The van der Waals surface area contributed by atoms with Gasteiger partial charge in [-0.1, -0.05) is 24.3 Å². The fourth-order valence-electron chi connectivity index (χ4n) is 2.92. The minimum absolute atomic E-state index is 0.209. The van der Waals surface area contributed by atoms with Crippen LogP contribution in [0.25, 0.3) is 6.08 Å². The Labute approximate surface area is 186 Å². The van der Waals surface area contributed by atoms with Crippen LogP contribution in [-0.4, -0.2) is 33.2 Å². The molecule has 3 rings (SSSR count). The second kappa shape index (κ2) is 10.7. The Morgan fingerprint density at radius 1 is 0.812 bits per heavy atom. The molecule has 0 aliphatic heterocycles. The van der Waals surface area contributed by atoms with Crippen LogP contribution in [0.3, 0.4) is 0 Å². The molecule has 0 spiro atoms. The summed E-state index contributed by atoms with van der Waals surface area (Å²) in [7, 11) is 4.58. The smallest absolute Gasteiger partial charge is 0.417 e. The molecule has 0 saturated heterocycles. The number of ketones is 1. The molecule has 0 unspecified atom stereocenters. The number of anilines is 1. The van der Waals surface area contributed by atoms with Crippen LogP contribution in [0.1, 0.15) is 15.9 Å². The predicted molar refractivity (Wildman–Crippen MR) is 122 cm³/mol. The fourth-order valence-corrected chi connectivity index (χ4v) is 2.92. The first kappa shape index (κ1) is 22.4. The summed E-state index contributed by atoms with van der Waals surface area (Å²) >= 11 is 0. The van der Waals surface area contributed by atoms with Crippen molar-refractivity contribution in [3.63, 3.8) is 0 Å². The molecule has 0 fully saturated rings. The number of methoxy groups -OCH3 is 3. The van der Waals surface area contributed by atoms with Crippen molar-refractivity contribution in [2.45, 2.75) is 0 Å². The van der Waals surface area contributed by atoms with E-state index < -0.39 is 6.09 Å². The van der Waals surface area contributed by atoms with Crippen molar-refractivity contribution >= 4 is 23.6 Å². The van der Waals surface area contributed by atoms with Gasteiger partial charge in [0.15, 0.2) is 17.3 Å². The van der Waals surface area contributed by atoms with Gasteiger partial charge in [0.1, 0.15) is 5.75 Å². The molecule has 0 heterocycles. The zero-order chi connectivity index (χ0) is 22.9. The van der Waals surface area contributed by atoms with Crippen LogP contribution >= 0.6 is 0 Å². The Balaban J connectivity index is 1.66. The number of benzene rings is 3. The number of para-hydroxylation sites is 1. The lowest BCUT2D eigenvalue weighted by Gasteiger charge is -2.12. The number of rotatable bonds is 8. The molecular weight excluding hydrogens is 410 g/mol. The van der Waals surface area contributed by atoms with Gasteiger partial charge in [-0.2, -0.15) is 0 Å². The maximum atomic E-state index is 12.5. The van der Waals surface area contributed by atoms with E-state index in [1.807, 2.05) is 18.2 Å². The summed E-state index contributed by atoms with van der Waals surface area (Å²) in [5.41, 5.74) is 1.79. The number of allylic oxidation sites excluding steroid dienone is 1. The first-order valence-corrected chi connectivity index (χ1v) is 9.70. The molecule has 3 aromatic carbocycles. The Kier molecular flexibility index (Phi) is 7.48. The largest absolute Gasteiger partial charge is 0.493 e. The van der Waals surface area contributed by atoms with E-state index in [0.717, 1.165) is 0 Å². The number of carbonyl (C=O) groups is 2. The summed E-state index contributed by atoms with van der Waals surface area (Å²) in [6, 6.07) is 18.8. The average molecular weight is 433 g/mol. The van der Waals surface area contributed by atoms with Crippen molar-refractivity contribution in [1.82, 2.24) is 0 Å². The van der Waals surface area contributed by atoms with Crippen molar-refractivity contribution in [3.8, 4) is 23.0 Å². The number of hydrogen-bond acceptors (Lipinski definition) is 6. The number of hydrogen-bond donors (Lipinski definition) is 1. The highest BCUT2D eigenvalue weighted by molar-refractivity contribution is 6.07. The maximum absolute atomic E-state index is 12.5. The molecule has 1 N–H and O–H groups in total. The molecule has 0 aliphatic rings. The lowest BCUT2D eigenvalue weighted by atomic mass is 10.1. The fraction of sp³-hybridized carbons (Fsp3) is 0.120. The van der Waals surface area contributed by atoms with E-state index in [2.05, 4.69) is 5.32 Å². The van der Waals surface area contributed by atoms with E-state index >= 15 is 0 Å². The molecular formula is C25H23NO6. The molecule has 32 heavy (non-hydrogen) atoms. The number of nitrogens with one attached hydrogen (secondary N) is 1. The molecule has 0 bridgehead atoms. The van der Waals surface area contributed by atoms with Gasteiger partial charge in [0.25, 0.3) is 0 Å². The summed E-state index contributed by atoms with van der Waals surface area (Å²) in [6.45, 7) is 0. The standard InChI is InChI=1S/C25H23NO6/c1-29-22-15-17(16-23(30-2)24(22)31-3)9-14-21(27)18-10-12-20(13-11-18)32-25(28)26-19-7-5-4-6-8-19/h4-16H,1-3H3,(H,26,28). The normalized spacial score (nSPS) is 10.5. The molecule has 0 atom stereocenters. The number of ether oxygens (including phenoxy) is 4. The zero-order valence-electron chi connectivity index (χ0n) is 18.0. The Morgan fingerprint density at radius 3 is 2.00 bits per heavy atom. The van der Waals surface area contributed by atoms with Gasteiger partial charge < -0.3 is 18.9 Å². The van der Waals surface area contributed by atoms with Crippen molar-refractivity contribution < 1.29 is 28.5 Å². The molecule has 7 heteroatoms. The van der Waals surface area contributed by atoms with E-state index in [1.54, 1.807) is 54.6 Å². The van der Waals surface area contributed by atoms with Crippen LogP contribution in [0.5, 0.6) is 23.0 Å². The second-order valence-electron chi connectivity index (χ2n) is 6.56. The molecule has 1 amide bonds. The highest BCUT2D eigenvalue weighted by atomic mass is 16.6. The quantitative estimate of drug-likeness (QED) is 0.387. The summed E-state index contributed by atoms with van der Waals surface area (Å²) in [5, 5.41) is 2.62. The summed E-state index contributed by atoms with van der Waals surface area (Å²) in [4.78, 5) is 24.5. The number of amides is 1. The SMILES string of the molecule is COc1cc(C=CC(=O)c2ccc(OC(=O)Nc3ccccc3)cc2)cc(OC)c1OC. The van der Waals surface area contributed by atoms with E-state index in [0.29, 0.717) is 39.8 Å². The Hall–Kier alpha value is -4.26. The molecule has 0 radical (unpaired) electrons.